The summed E-state index contributed by atoms with van der Waals surface area (Å²) in [7, 11) is 0. The van der Waals surface area contributed by atoms with Crippen LogP contribution in [-0.4, -0.2) is 42.2 Å². The lowest BCUT2D eigenvalue weighted by Gasteiger charge is -2.11. The van der Waals surface area contributed by atoms with Crippen LogP contribution >= 0.6 is 0 Å². The van der Waals surface area contributed by atoms with E-state index in [9.17, 15) is 0 Å². The number of tetrazole rings is 1. The topological polar surface area (TPSA) is 133 Å². The molecule has 10 nitrogen and oxygen atoms in total. The Labute approximate surface area is 81.9 Å². The molecule has 1 unspecified atom stereocenters. The van der Waals surface area contributed by atoms with Gasteiger partial charge in [-0.2, -0.15) is 20.6 Å². The molecule has 0 aromatic carbocycles. The van der Waals surface area contributed by atoms with E-state index in [0.717, 1.165) is 0 Å². The molecule has 0 fully saturated rings. The van der Waals surface area contributed by atoms with Crippen molar-refractivity contribution < 1.29 is 0 Å². The standard InChI is InChI=1S/C5H4N10/c1-3(8-12-6-1)5(2-7-13-11-5)4-9-14-15-10-4/h1-2H,(H,6,8,12)(H,9,10,14,15). The average Bonchev–Trinajstić information content (AvgIpc) is 3.02. The summed E-state index contributed by atoms with van der Waals surface area (Å²) in [4.78, 5) is 0. The lowest BCUT2D eigenvalue weighted by atomic mass is 9.98. The number of rotatable bonds is 2. The van der Waals surface area contributed by atoms with Crippen molar-refractivity contribution >= 4 is 6.21 Å². The third-order valence-electron chi connectivity index (χ3n) is 1.99. The first-order valence-electron chi connectivity index (χ1n) is 3.98. The van der Waals surface area contributed by atoms with E-state index in [-0.39, 0.29) is 0 Å². The molecular weight excluding hydrogens is 200 g/mol. The van der Waals surface area contributed by atoms with Crippen molar-refractivity contribution in [2.45, 2.75) is 5.54 Å². The fourth-order valence-electron chi connectivity index (χ4n) is 1.27. The molecule has 1 atom stereocenters. The Morgan fingerprint density at radius 3 is 2.80 bits per heavy atom. The third-order valence-corrected chi connectivity index (χ3v) is 1.99. The van der Waals surface area contributed by atoms with Crippen LogP contribution in [0.3, 0.4) is 0 Å². The number of hydrogen-bond donors (Lipinski definition) is 2. The molecule has 1 aliphatic rings. The van der Waals surface area contributed by atoms with Gasteiger partial charge < -0.3 is 0 Å². The first-order valence-corrected chi connectivity index (χ1v) is 3.98. The number of hydrogen-bond acceptors (Lipinski definition) is 8. The van der Waals surface area contributed by atoms with Gasteiger partial charge in [-0.1, -0.05) is 5.21 Å². The zero-order valence-corrected chi connectivity index (χ0v) is 7.23. The summed E-state index contributed by atoms with van der Waals surface area (Å²) in [5.74, 6) is 0.321. The smallest absolute Gasteiger partial charge is 0.198 e. The molecular formula is C5H4N10. The minimum absolute atomic E-state index is 0.321. The highest BCUT2D eigenvalue weighted by atomic mass is 15.5. The first kappa shape index (κ1) is 7.84. The van der Waals surface area contributed by atoms with E-state index in [1.165, 1.54) is 12.4 Å². The van der Waals surface area contributed by atoms with Gasteiger partial charge >= 0.3 is 0 Å². The van der Waals surface area contributed by atoms with Gasteiger partial charge in [-0.3, -0.25) is 0 Å². The summed E-state index contributed by atoms with van der Waals surface area (Å²) >= 11 is 0. The van der Waals surface area contributed by atoms with Crippen molar-refractivity contribution in [1.82, 2.24) is 36.0 Å². The maximum atomic E-state index is 3.95. The zero-order chi connectivity index (χ0) is 10.1. The fourth-order valence-corrected chi connectivity index (χ4v) is 1.27. The molecule has 0 radical (unpaired) electrons. The van der Waals surface area contributed by atoms with Crippen LogP contribution in [0.2, 0.25) is 0 Å². The van der Waals surface area contributed by atoms with Gasteiger partial charge in [0.05, 0.1) is 12.4 Å². The molecule has 10 heteroatoms. The van der Waals surface area contributed by atoms with Crippen LogP contribution in [0.15, 0.2) is 21.6 Å². The summed E-state index contributed by atoms with van der Waals surface area (Å²) in [5, 5.41) is 34.8. The van der Waals surface area contributed by atoms with Crippen LogP contribution in [0.25, 0.3) is 0 Å². The maximum Gasteiger partial charge on any atom is 0.228 e. The van der Waals surface area contributed by atoms with Crippen LogP contribution < -0.4 is 0 Å². The molecule has 0 aliphatic carbocycles. The van der Waals surface area contributed by atoms with Crippen LogP contribution in [0.1, 0.15) is 11.5 Å². The normalized spacial score (nSPS) is 23.7. The highest BCUT2D eigenvalue weighted by Crippen LogP contribution is 2.30. The van der Waals surface area contributed by atoms with Crippen LogP contribution in [0, 0.1) is 0 Å². The molecule has 0 amide bonds. The molecule has 1 aliphatic heterocycles. The second kappa shape index (κ2) is 2.73. The Bertz CT molecular complexity index is 444. The van der Waals surface area contributed by atoms with Gasteiger partial charge in [0, 0.05) is 0 Å². The highest BCUT2D eigenvalue weighted by Gasteiger charge is 2.42. The minimum atomic E-state index is -1.01. The molecule has 2 aromatic rings. The highest BCUT2D eigenvalue weighted by molar-refractivity contribution is 5.76. The summed E-state index contributed by atoms with van der Waals surface area (Å²) in [6.07, 6.45) is 2.99. The van der Waals surface area contributed by atoms with Crippen molar-refractivity contribution in [3.8, 4) is 0 Å². The van der Waals surface area contributed by atoms with Crippen molar-refractivity contribution in [2.24, 2.45) is 15.4 Å². The molecule has 0 saturated carbocycles. The van der Waals surface area contributed by atoms with E-state index >= 15 is 0 Å². The van der Waals surface area contributed by atoms with Gasteiger partial charge in [-0.05, 0) is 5.22 Å². The SMILES string of the molecule is C1=NN=NC1(c1cn[nH]n1)c1nn[nH]n1. The number of aromatic nitrogens is 7. The van der Waals surface area contributed by atoms with Crippen LogP contribution in [0.4, 0.5) is 0 Å². The number of H-pyrrole nitrogens is 2. The van der Waals surface area contributed by atoms with E-state index in [1.807, 2.05) is 0 Å². The van der Waals surface area contributed by atoms with Crippen molar-refractivity contribution in [1.29, 1.82) is 0 Å². The molecule has 3 heterocycles. The Hall–Kier alpha value is -2.52. The predicted molar refractivity (Wildman–Crippen MR) is 44.7 cm³/mol. The van der Waals surface area contributed by atoms with Gasteiger partial charge in [-0.25, -0.2) is 0 Å². The Kier molecular flexibility index (Phi) is 1.43. The summed E-state index contributed by atoms with van der Waals surface area (Å²) in [6, 6.07) is 0. The largest absolute Gasteiger partial charge is 0.228 e. The molecule has 3 rings (SSSR count). The van der Waals surface area contributed by atoms with E-state index in [4.69, 9.17) is 0 Å². The summed E-state index contributed by atoms with van der Waals surface area (Å²) in [5.41, 5.74) is -0.506. The number of aromatic amines is 2. The summed E-state index contributed by atoms with van der Waals surface area (Å²) < 4.78 is 0. The Morgan fingerprint density at radius 1 is 1.20 bits per heavy atom. The number of nitrogens with one attached hydrogen (secondary N) is 2. The van der Waals surface area contributed by atoms with Gasteiger partial charge in [-0.15, -0.1) is 20.4 Å². The molecule has 2 aromatic heterocycles. The van der Waals surface area contributed by atoms with E-state index in [0.29, 0.717) is 11.5 Å². The maximum absolute atomic E-state index is 3.95. The molecule has 0 saturated heterocycles. The molecule has 0 bridgehead atoms. The van der Waals surface area contributed by atoms with Gasteiger partial charge in [0.1, 0.15) is 5.69 Å². The average molecular weight is 204 g/mol. The fraction of sp³-hybridized carbons (Fsp3) is 0.200. The van der Waals surface area contributed by atoms with Crippen molar-refractivity contribution in [3.05, 3.63) is 17.7 Å². The van der Waals surface area contributed by atoms with Gasteiger partial charge in [0.15, 0.2) is 0 Å². The molecule has 74 valence electrons. The molecule has 2 N–H and O–H groups in total. The molecule has 0 spiro atoms. The van der Waals surface area contributed by atoms with Crippen LogP contribution in [0.5, 0.6) is 0 Å². The van der Waals surface area contributed by atoms with Crippen molar-refractivity contribution in [2.75, 3.05) is 0 Å². The van der Waals surface area contributed by atoms with Gasteiger partial charge in [0.25, 0.3) is 0 Å². The zero-order valence-electron chi connectivity index (χ0n) is 7.23. The van der Waals surface area contributed by atoms with E-state index in [1.54, 1.807) is 0 Å². The second-order valence-corrected chi connectivity index (χ2v) is 2.79. The molecule has 15 heavy (non-hydrogen) atoms. The summed E-state index contributed by atoms with van der Waals surface area (Å²) in [6.45, 7) is 0. The van der Waals surface area contributed by atoms with Gasteiger partial charge in [0.2, 0.25) is 11.4 Å². The lowest BCUT2D eigenvalue weighted by Crippen LogP contribution is -2.27. The minimum Gasteiger partial charge on any atom is -0.198 e. The second-order valence-electron chi connectivity index (χ2n) is 2.79. The van der Waals surface area contributed by atoms with E-state index in [2.05, 4.69) is 51.5 Å². The van der Waals surface area contributed by atoms with E-state index < -0.39 is 5.54 Å². The Morgan fingerprint density at radius 2 is 2.20 bits per heavy atom. The Balaban J connectivity index is 2.20. The predicted octanol–water partition coefficient (Wildman–Crippen LogP) is -0.987. The third kappa shape index (κ3) is 0.978. The van der Waals surface area contributed by atoms with Crippen LogP contribution in [-0.2, 0) is 5.54 Å². The van der Waals surface area contributed by atoms with Crippen molar-refractivity contribution in [3.63, 3.8) is 0 Å². The quantitative estimate of drug-likeness (QED) is 0.647. The lowest BCUT2D eigenvalue weighted by molar-refractivity contribution is 0.639. The first-order chi connectivity index (χ1) is 7.42. The monoisotopic (exact) mass is 204 g/mol. The number of nitrogens with zero attached hydrogens (tertiary/aromatic N) is 8.